The van der Waals surface area contributed by atoms with Gasteiger partial charge in [0.2, 0.25) is 0 Å². The molecule has 0 nitrogen and oxygen atoms in total. The van der Waals surface area contributed by atoms with Crippen molar-refractivity contribution in [2.24, 2.45) is 0 Å². The quantitative estimate of drug-likeness (QED) is 0.659. The van der Waals surface area contributed by atoms with Crippen molar-refractivity contribution in [1.82, 2.24) is 0 Å². The minimum Gasteiger partial charge on any atom is -0.144 e. The molecular weight excluding hydrogens is 292 g/mol. The Labute approximate surface area is 116 Å². The third kappa shape index (κ3) is 2.63. The van der Waals surface area contributed by atoms with E-state index in [-0.39, 0.29) is 5.41 Å². The topological polar surface area (TPSA) is 0 Å². The van der Waals surface area contributed by atoms with Gasteiger partial charge in [0.25, 0.3) is 0 Å². The monoisotopic (exact) mass is 308 g/mol. The summed E-state index contributed by atoms with van der Waals surface area (Å²) in [5.41, 5.74) is 1.46. The van der Waals surface area contributed by atoms with Crippen molar-refractivity contribution in [1.29, 1.82) is 0 Å². The number of benzene rings is 1. The molecule has 2 rings (SSSR count). The first-order valence-electron chi connectivity index (χ1n) is 5.78. The number of rotatable bonds is 3. The Balaban J connectivity index is 2.33. The molecule has 90 valence electrons. The highest BCUT2D eigenvalue weighted by molar-refractivity contribution is 9.09. The molecule has 0 saturated carbocycles. The second-order valence-electron chi connectivity index (χ2n) is 4.90. The predicted octanol–water partition coefficient (Wildman–Crippen LogP) is 5.47. The van der Waals surface area contributed by atoms with E-state index in [1.54, 1.807) is 0 Å². The van der Waals surface area contributed by atoms with Crippen LogP contribution in [0.1, 0.15) is 34.0 Å². The predicted molar refractivity (Wildman–Crippen MR) is 80.2 cm³/mol. The molecule has 0 aliphatic heterocycles. The van der Waals surface area contributed by atoms with Gasteiger partial charge in [-0.15, -0.1) is 11.3 Å². The lowest BCUT2D eigenvalue weighted by Crippen LogP contribution is -2.22. The molecule has 0 radical (unpaired) electrons. The number of hydrogen-bond acceptors (Lipinski definition) is 1. The maximum absolute atomic E-state index is 3.87. The Morgan fingerprint density at radius 1 is 1.06 bits per heavy atom. The molecule has 0 N–H and O–H groups in total. The summed E-state index contributed by atoms with van der Waals surface area (Å²) in [7, 11) is 0. The van der Waals surface area contributed by atoms with Crippen molar-refractivity contribution in [3.63, 3.8) is 0 Å². The minimum absolute atomic E-state index is 0.0958. The SMILES string of the molecule is Cc1ccc(C(Br)C(C)(C)c2ccccc2)s1. The van der Waals surface area contributed by atoms with E-state index in [2.05, 4.69) is 79.2 Å². The fourth-order valence-electron chi connectivity index (χ4n) is 1.96. The summed E-state index contributed by atoms with van der Waals surface area (Å²) in [6.45, 7) is 6.73. The first kappa shape index (κ1) is 12.8. The summed E-state index contributed by atoms with van der Waals surface area (Å²) >= 11 is 5.74. The Kier molecular flexibility index (Phi) is 3.74. The minimum atomic E-state index is 0.0958. The molecule has 0 bridgehead atoms. The number of halogens is 1. The Morgan fingerprint density at radius 2 is 1.71 bits per heavy atom. The fourth-order valence-corrected chi connectivity index (χ4v) is 3.70. The molecule has 17 heavy (non-hydrogen) atoms. The van der Waals surface area contributed by atoms with E-state index in [0.717, 1.165) is 0 Å². The first-order valence-corrected chi connectivity index (χ1v) is 7.51. The molecule has 0 spiro atoms. The van der Waals surface area contributed by atoms with Crippen LogP contribution in [0.5, 0.6) is 0 Å². The molecule has 1 aromatic heterocycles. The summed E-state index contributed by atoms with van der Waals surface area (Å²) in [4.78, 5) is 3.13. The molecule has 1 aromatic carbocycles. The van der Waals surface area contributed by atoms with Crippen LogP contribution < -0.4 is 0 Å². The van der Waals surface area contributed by atoms with Crippen LogP contribution in [0.25, 0.3) is 0 Å². The zero-order valence-corrected chi connectivity index (χ0v) is 12.8. The van der Waals surface area contributed by atoms with Crippen LogP contribution in [0.2, 0.25) is 0 Å². The van der Waals surface area contributed by atoms with Gasteiger partial charge < -0.3 is 0 Å². The number of hydrogen-bond donors (Lipinski definition) is 0. The molecular formula is C15H17BrS. The van der Waals surface area contributed by atoms with Crippen molar-refractivity contribution in [2.75, 3.05) is 0 Å². The van der Waals surface area contributed by atoms with Gasteiger partial charge in [-0.1, -0.05) is 60.1 Å². The Hall–Kier alpha value is -0.600. The number of alkyl halides is 1. The normalized spacial score (nSPS) is 13.6. The largest absolute Gasteiger partial charge is 0.144 e. The van der Waals surface area contributed by atoms with Crippen molar-refractivity contribution in [3.8, 4) is 0 Å². The van der Waals surface area contributed by atoms with Crippen molar-refractivity contribution >= 4 is 27.3 Å². The Morgan fingerprint density at radius 3 is 2.24 bits per heavy atom. The highest BCUT2D eigenvalue weighted by Crippen LogP contribution is 2.44. The third-order valence-electron chi connectivity index (χ3n) is 3.16. The molecule has 1 heterocycles. The van der Waals surface area contributed by atoms with Crippen molar-refractivity contribution in [3.05, 3.63) is 57.8 Å². The lowest BCUT2D eigenvalue weighted by atomic mass is 9.81. The van der Waals surface area contributed by atoms with Gasteiger partial charge in [-0.05, 0) is 24.6 Å². The maximum Gasteiger partial charge on any atom is 0.0580 e. The summed E-state index contributed by atoms with van der Waals surface area (Å²) in [6.07, 6.45) is 0. The summed E-state index contributed by atoms with van der Waals surface area (Å²) in [6, 6.07) is 15.1. The molecule has 1 atom stereocenters. The molecule has 0 aliphatic carbocycles. The third-order valence-corrected chi connectivity index (χ3v) is 6.17. The zero-order valence-electron chi connectivity index (χ0n) is 10.4. The van der Waals surface area contributed by atoms with E-state index in [4.69, 9.17) is 0 Å². The van der Waals surface area contributed by atoms with Gasteiger partial charge in [0.1, 0.15) is 0 Å². The molecule has 2 aromatic rings. The van der Waals surface area contributed by atoms with E-state index in [1.807, 2.05) is 11.3 Å². The molecule has 0 fully saturated rings. The second kappa shape index (κ2) is 4.95. The van der Waals surface area contributed by atoms with E-state index < -0.39 is 0 Å². The van der Waals surface area contributed by atoms with Crippen LogP contribution >= 0.6 is 27.3 Å². The average Bonchev–Trinajstić information content (AvgIpc) is 2.76. The van der Waals surface area contributed by atoms with Crippen LogP contribution in [-0.2, 0) is 5.41 Å². The van der Waals surface area contributed by atoms with Gasteiger partial charge in [0, 0.05) is 15.2 Å². The van der Waals surface area contributed by atoms with Crippen LogP contribution in [-0.4, -0.2) is 0 Å². The lowest BCUT2D eigenvalue weighted by Gasteiger charge is -2.30. The molecule has 0 aliphatic rings. The lowest BCUT2D eigenvalue weighted by molar-refractivity contribution is 0.522. The van der Waals surface area contributed by atoms with Crippen LogP contribution in [0.4, 0.5) is 0 Å². The van der Waals surface area contributed by atoms with Crippen molar-refractivity contribution in [2.45, 2.75) is 31.0 Å². The number of thiophene rings is 1. The summed E-state index contributed by atoms with van der Waals surface area (Å²) in [5.74, 6) is 0. The van der Waals surface area contributed by atoms with Gasteiger partial charge in [-0.2, -0.15) is 0 Å². The van der Waals surface area contributed by atoms with Crippen LogP contribution in [0.3, 0.4) is 0 Å². The van der Waals surface area contributed by atoms with E-state index in [0.29, 0.717) is 4.83 Å². The maximum atomic E-state index is 3.87. The standard InChI is InChI=1S/C15H17BrS/c1-11-9-10-13(17-11)14(16)15(2,3)12-7-5-4-6-8-12/h4-10,14H,1-3H3. The summed E-state index contributed by atoms with van der Waals surface area (Å²) in [5, 5.41) is 0. The summed E-state index contributed by atoms with van der Waals surface area (Å²) < 4.78 is 0. The molecule has 0 saturated heterocycles. The van der Waals surface area contributed by atoms with Crippen LogP contribution in [0, 0.1) is 6.92 Å². The molecule has 0 amide bonds. The fraction of sp³-hybridized carbons (Fsp3) is 0.333. The van der Waals surface area contributed by atoms with Gasteiger partial charge in [-0.25, -0.2) is 0 Å². The van der Waals surface area contributed by atoms with Gasteiger partial charge in [0.05, 0.1) is 4.83 Å². The van der Waals surface area contributed by atoms with E-state index in [9.17, 15) is 0 Å². The van der Waals surface area contributed by atoms with Gasteiger partial charge in [-0.3, -0.25) is 0 Å². The zero-order chi connectivity index (χ0) is 12.5. The smallest absolute Gasteiger partial charge is 0.0580 e. The average molecular weight is 309 g/mol. The van der Waals surface area contributed by atoms with Gasteiger partial charge >= 0.3 is 0 Å². The highest BCUT2D eigenvalue weighted by atomic mass is 79.9. The Bertz CT molecular complexity index is 485. The van der Waals surface area contributed by atoms with E-state index >= 15 is 0 Å². The molecule has 2 heteroatoms. The highest BCUT2D eigenvalue weighted by Gasteiger charge is 2.31. The van der Waals surface area contributed by atoms with Gasteiger partial charge in [0.15, 0.2) is 0 Å². The first-order chi connectivity index (χ1) is 8.01. The van der Waals surface area contributed by atoms with E-state index in [1.165, 1.54) is 15.3 Å². The van der Waals surface area contributed by atoms with Crippen LogP contribution in [0.15, 0.2) is 42.5 Å². The molecule has 1 unspecified atom stereocenters. The van der Waals surface area contributed by atoms with Crippen molar-refractivity contribution < 1.29 is 0 Å². The number of aryl methyl sites for hydroxylation is 1. The second-order valence-corrected chi connectivity index (χ2v) is 7.13.